The number of epoxide rings is 2. The molecule has 5 unspecified atom stereocenters. The van der Waals surface area contributed by atoms with E-state index in [4.69, 9.17) is 28.4 Å². The first-order valence-corrected chi connectivity index (χ1v) is 55.5. The van der Waals surface area contributed by atoms with Gasteiger partial charge in [0.1, 0.15) is 52.5 Å². The van der Waals surface area contributed by atoms with E-state index in [2.05, 4.69) is 241 Å². The Balaban J connectivity index is 0.000000124. The molecule has 138 heavy (non-hydrogen) atoms. The number of amides is 3. The molecule has 15 saturated heterocycles. The highest BCUT2D eigenvalue weighted by Crippen LogP contribution is 2.50. The van der Waals surface area contributed by atoms with Gasteiger partial charge in [-0.1, -0.05) is 67.5 Å². The predicted molar refractivity (Wildman–Crippen MR) is 562 cm³/mol. The zero-order valence-corrected chi connectivity index (χ0v) is 88.6. The van der Waals surface area contributed by atoms with Crippen molar-refractivity contribution in [3.63, 3.8) is 0 Å². The molecule has 0 radical (unpaired) electrons. The van der Waals surface area contributed by atoms with Gasteiger partial charge in [0.25, 0.3) is 0 Å². The number of hydrogen-bond acceptors (Lipinski definition) is 21. The van der Waals surface area contributed by atoms with Crippen LogP contribution in [0.15, 0.2) is 72.8 Å². The minimum absolute atomic E-state index is 0. The number of hydrogen-bond donors (Lipinski definition) is 6. The van der Waals surface area contributed by atoms with Gasteiger partial charge in [0, 0.05) is 216 Å². The maximum Gasteiger partial charge on any atom is 0.233 e. The van der Waals surface area contributed by atoms with Crippen molar-refractivity contribution in [3.05, 3.63) is 137 Å². The number of piperazine rings is 3. The van der Waals surface area contributed by atoms with Crippen LogP contribution in [0.25, 0.3) is 64.4 Å². The predicted octanol–water partition coefficient (Wildman–Crippen LogP) is 16.0. The van der Waals surface area contributed by atoms with Crippen molar-refractivity contribution < 1.29 is 47.9 Å². The van der Waals surface area contributed by atoms with Gasteiger partial charge in [-0.3, -0.25) is 29.1 Å². The third-order valence-electron chi connectivity index (χ3n) is 32.9. The van der Waals surface area contributed by atoms with Crippen molar-refractivity contribution in [2.24, 2.45) is 0 Å². The molecule has 6 aromatic heterocycles. The van der Waals surface area contributed by atoms with Gasteiger partial charge in [-0.05, 0) is 267 Å². The lowest BCUT2D eigenvalue weighted by atomic mass is 9.88. The number of carbonyl (C=O) groups is 3. The van der Waals surface area contributed by atoms with Crippen LogP contribution in [0.4, 0.5) is 0 Å². The fourth-order valence-electron chi connectivity index (χ4n) is 25.0. The number of rotatable bonds is 25. The summed E-state index contributed by atoms with van der Waals surface area (Å²) < 4.78 is 31.9. The number of carbonyl (C=O) groups excluding carboxylic acids is 3. The number of likely N-dealkylation sites (tertiary alicyclic amines) is 1. The van der Waals surface area contributed by atoms with Crippen molar-refractivity contribution in [3.8, 4) is 33.8 Å². The summed E-state index contributed by atoms with van der Waals surface area (Å²) in [4.78, 5) is 82.2. The van der Waals surface area contributed by atoms with Crippen LogP contribution in [-0.4, -0.2) is 337 Å². The van der Waals surface area contributed by atoms with Crippen LogP contribution < -0.4 is 10.6 Å². The number of ether oxygens (including phenoxy) is 6. The van der Waals surface area contributed by atoms with Crippen molar-refractivity contribution >= 4 is 111 Å². The van der Waals surface area contributed by atoms with E-state index in [1.165, 1.54) is 201 Å². The Morgan fingerprint density at radius 2 is 0.688 bits per heavy atom. The number of aromatic amines is 3. The molecule has 0 aliphatic carbocycles. The first-order valence-electron chi connectivity index (χ1n) is 52.0. The monoisotopic (exact) mass is 2030 g/mol. The van der Waals surface area contributed by atoms with Crippen LogP contribution in [0.5, 0.6) is 0 Å². The quantitative estimate of drug-likeness (QED) is 0.0231. The molecule has 15 aliphatic rings. The van der Waals surface area contributed by atoms with Crippen LogP contribution in [0, 0.1) is 41.5 Å². The van der Waals surface area contributed by atoms with Crippen molar-refractivity contribution in [1.82, 2.24) is 69.7 Å². The van der Waals surface area contributed by atoms with Gasteiger partial charge in [0.15, 0.2) is 0 Å². The summed E-state index contributed by atoms with van der Waals surface area (Å²) in [5.74, 6) is 0.960. The highest BCUT2D eigenvalue weighted by Gasteiger charge is 2.52. The number of H-pyrrole nitrogens is 3. The van der Waals surface area contributed by atoms with E-state index in [9.17, 15) is 19.5 Å². The number of nitrogens with one attached hydrogen (secondary N) is 5. The number of aromatic nitrogens is 3. The summed E-state index contributed by atoms with van der Waals surface area (Å²) in [5, 5.41) is 22.4. The largest absolute Gasteiger partial charge is 0.390 e. The first kappa shape index (κ1) is 101. The van der Waals surface area contributed by atoms with E-state index in [0.29, 0.717) is 105 Å². The Bertz CT molecular complexity index is 5600. The van der Waals surface area contributed by atoms with Gasteiger partial charge in [-0.2, -0.15) is 0 Å². The summed E-state index contributed by atoms with van der Waals surface area (Å²) in [5.41, 5.74) is 17.9. The Labute approximate surface area is 844 Å². The number of aryl methyl sites for hydroxylation is 6. The number of benzene rings is 3. The minimum atomic E-state index is -0.538. The molecule has 9 aromatic rings. The molecule has 0 saturated carbocycles. The fourth-order valence-corrected chi connectivity index (χ4v) is 28.9. The van der Waals surface area contributed by atoms with Gasteiger partial charge < -0.3 is 88.5 Å². The van der Waals surface area contributed by atoms with E-state index in [-0.39, 0.29) is 30.7 Å². The van der Waals surface area contributed by atoms with Gasteiger partial charge in [0.2, 0.25) is 17.7 Å². The summed E-state index contributed by atoms with van der Waals surface area (Å²) in [6.07, 6.45) is 18.8. The highest BCUT2D eigenvalue weighted by atomic mass is 79.9. The molecular formula is C109H152BrClN14O10S3. The van der Waals surface area contributed by atoms with Crippen molar-refractivity contribution in [1.29, 1.82) is 0 Å². The van der Waals surface area contributed by atoms with E-state index in [1.807, 2.05) is 0 Å². The number of aliphatic hydroxyl groups excluding tert-OH is 1. The maximum absolute atomic E-state index is 14.0. The van der Waals surface area contributed by atoms with Crippen LogP contribution in [0.3, 0.4) is 0 Å². The van der Waals surface area contributed by atoms with Crippen molar-refractivity contribution in [2.75, 3.05) is 176 Å². The second-order valence-corrected chi connectivity index (χ2v) is 48.1. The van der Waals surface area contributed by atoms with E-state index >= 15 is 0 Å². The second kappa shape index (κ2) is 42.9. The Hall–Kier alpha value is -6.04. The molecule has 24 rings (SSSR count). The number of β-amino-alcohol motifs (C(OH)–C–C–N with tert-alkyl or cyclic N) is 1. The zero-order chi connectivity index (χ0) is 94.9. The lowest BCUT2D eigenvalue weighted by Gasteiger charge is -2.36. The third-order valence-corrected chi connectivity index (χ3v) is 37.8. The molecule has 0 spiro atoms. The molecule has 750 valence electrons. The summed E-state index contributed by atoms with van der Waals surface area (Å²) >= 11 is 8.60. The number of fused-ring (bicyclic) bond motifs is 11. The Morgan fingerprint density at radius 1 is 0.391 bits per heavy atom. The molecule has 21 heterocycles. The standard InChI is InChI=1S/C38H53N5O4S.C33H44N4O2S.C30H40N4OS.C5H9NO2.C3H5BrO.ClH/c1-24-15-25(2)17-26(16-24)35-30(31-18-34(48-36(31)39-35)38(3,4)37(45)43-27-5-6-28(43)8-7-27)9-10-40-11-13-41(14-12-40)19-29(44)20-42-21-32-33(22-42)47-23-46-32;1-21-15-22(2)17-23(16-21)30-27(9-10-35-11-13-36(14-12-35)19-26-20-39-26)28-18-29(40-31(28)34-30)33(3,4)32(38)37-24-5-6-25(37)8-7-24;1-19-15-20(2)17-21(16-19)27-24(9-12-33-13-10-31-11-14-33)25-18-26(36-28(25)32-27)30(3,4)29(35)34-22-5-6-23(34)8-7-22;1-4-5(2-6-1)8-3-7-4;4-1-3-2-5-3;/h15-18,27-29,32-33,39,44H,5-14,19-23H2,1-4H3;15-18,24-26,34H,5-14,19-20H2,1-4H3;15-18,22-23,31-32H,5-14H2,1-4H3;4-6H,1-3H2;3H,1-2H2;1H/t27?,28?,29?,32-,33+;;;;;. The van der Waals surface area contributed by atoms with Crippen LogP contribution in [0.1, 0.15) is 183 Å². The van der Waals surface area contributed by atoms with E-state index in [1.54, 1.807) is 34.0 Å². The molecule has 6 bridgehead atoms. The molecule has 15 fully saturated rings. The average Bonchev–Trinajstić information content (AvgIpc) is 1.59. The second-order valence-electron chi connectivity index (χ2n) is 44.3. The minimum Gasteiger partial charge on any atom is -0.390 e. The third kappa shape index (κ3) is 22.1. The molecule has 3 aromatic carbocycles. The van der Waals surface area contributed by atoms with Gasteiger partial charge in [0.05, 0.1) is 64.9 Å². The van der Waals surface area contributed by atoms with Crippen LogP contribution >= 0.6 is 62.3 Å². The SMILES string of the molecule is BrCC1CO1.C1OC2CNCC2O1.Cc1cc(C)cc(-c2[nH]c3sc(C(C)(C)C(=O)N4C5CCC4CC5)cc3c2CCN2CCN(CC(O)CN3C[C@@H]4OCO[C@@H]4C3)CC2)c1.Cc1cc(C)cc(-c2[nH]c3sc(C(C)(C)C(=O)N4C5CCC4CC5)cc3c2CCN2CCN(CC3CO3)CC2)c1.Cc1cc(C)cc(-c2[nH]c3sc(C(C)(C)C(=O)N4C5CCC4CC5)cc3c2CCN2CCNCC2)c1.Cl. The topological polar surface area (TPSA) is 234 Å². The molecule has 24 nitrogen and oxygen atoms in total. The molecule has 3 amide bonds. The number of aliphatic hydroxyl groups is 1. The molecule has 15 aliphatic heterocycles. The van der Waals surface area contributed by atoms with Gasteiger partial charge in [-0.25, -0.2) is 0 Å². The summed E-state index contributed by atoms with van der Waals surface area (Å²) in [7, 11) is 0. The molecule has 6 N–H and O–H groups in total. The number of nitrogens with zero attached hydrogens (tertiary/aromatic N) is 9. The molecule has 7 atom stereocenters. The smallest absolute Gasteiger partial charge is 0.233 e. The Kier molecular flexibility index (Phi) is 31.3. The average molecular weight is 2030 g/mol. The van der Waals surface area contributed by atoms with E-state index < -0.39 is 16.2 Å². The molecule has 29 heteroatoms. The fraction of sp³-hybridized carbons (Fsp3) is 0.642. The van der Waals surface area contributed by atoms with Gasteiger partial charge in [-0.15, -0.1) is 46.4 Å². The van der Waals surface area contributed by atoms with Gasteiger partial charge >= 0.3 is 0 Å². The lowest BCUT2D eigenvalue weighted by Crippen LogP contribution is -2.50. The Morgan fingerprint density at radius 3 is 1.00 bits per heavy atom. The number of thiophene rings is 3. The maximum atomic E-state index is 14.0. The number of alkyl halides is 1. The van der Waals surface area contributed by atoms with E-state index in [0.717, 1.165) is 174 Å². The summed E-state index contributed by atoms with van der Waals surface area (Å²) in [6.45, 7) is 50.8. The highest BCUT2D eigenvalue weighted by molar-refractivity contribution is 9.09. The normalized spacial score (nSPS) is 26.7. The first-order chi connectivity index (χ1) is 66.1. The van der Waals surface area contributed by atoms with Crippen LogP contribution in [-0.2, 0) is 78.3 Å². The van der Waals surface area contributed by atoms with Crippen LogP contribution in [0.2, 0.25) is 0 Å². The number of halogens is 2. The van der Waals surface area contributed by atoms with Crippen molar-refractivity contribution in [2.45, 2.75) is 275 Å². The zero-order valence-electron chi connectivity index (χ0n) is 83.8. The lowest BCUT2D eigenvalue weighted by molar-refractivity contribution is -0.138. The summed E-state index contributed by atoms with van der Waals surface area (Å²) in [6, 6.07) is 30.3. The molecular weight excluding hydrogens is 1880 g/mol.